The van der Waals surface area contributed by atoms with Gasteiger partial charge in [-0.25, -0.2) is 13.4 Å². The lowest BCUT2D eigenvalue weighted by atomic mass is 10.0. The van der Waals surface area contributed by atoms with E-state index in [2.05, 4.69) is 9.97 Å². The van der Waals surface area contributed by atoms with E-state index in [4.69, 9.17) is 11.6 Å². The van der Waals surface area contributed by atoms with Crippen LogP contribution < -0.4 is 0 Å². The summed E-state index contributed by atoms with van der Waals surface area (Å²) in [6, 6.07) is 6.76. The van der Waals surface area contributed by atoms with E-state index < -0.39 is 10.0 Å². The van der Waals surface area contributed by atoms with Crippen molar-refractivity contribution in [1.82, 2.24) is 19.2 Å². The number of piperazine rings is 1. The molecule has 2 N–H and O–H groups in total. The van der Waals surface area contributed by atoms with E-state index in [1.807, 2.05) is 0 Å². The number of fused-ring (bicyclic) bond motifs is 2. The van der Waals surface area contributed by atoms with Gasteiger partial charge in [0, 0.05) is 53.4 Å². The standard InChI is InChI=1S/C20H21ClN4O4S2/c21-13-1-3-15-12(9-13)10-18(22-15)31(28,29)25-7-5-24(6-8-25)20(27)19-23-16-4-2-14(26)11-17(16)30-19/h1,3,9-10,14,22,26H,2,4-8,11H2. The van der Waals surface area contributed by atoms with Crippen molar-refractivity contribution in [3.8, 4) is 0 Å². The Kier molecular flexibility index (Phi) is 5.30. The van der Waals surface area contributed by atoms with Crippen LogP contribution >= 0.6 is 22.9 Å². The van der Waals surface area contributed by atoms with Gasteiger partial charge < -0.3 is 15.0 Å². The first kappa shape index (κ1) is 20.9. The first-order valence-electron chi connectivity index (χ1n) is 10.1. The lowest BCUT2D eigenvalue weighted by Gasteiger charge is -2.33. The number of carbonyl (C=O) groups excluding carboxylic acids is 1. The quantitative estimate of drug-likeness (QED) is 0.598. The Balaban J connectivity index is 1.28. The maximum atomic E-state index is 13.1. The van der Waals surface area contributed by atoms with Crippen LogP contribution in [0, 0.1) is 0 Å². The normalized spacial score (nSPS) is 20.2. The highest BCUT2D eigenvalue weighted by molar-refractivity contribution is 7.89. The monoisotopic (exact) mass is 480 g/mol. The van der Waals surface area contributed by atoms with Crippen molar-refractivity contribution >= 4 is 49.8 Å². The molecule has 1 aliphatic carbocycles. The number of aromatic amines is 1. The van der Waals surface area contributed by atoms with Crippen molar-refractivity contribution in [2.24, 2.45) is 0 Å². The molecule has 1 fully saturated rings. The summed E-state index contributed by atoms with van der Waals surface area (Å²) in [5, 5.41) is 11.6. The molecule has 0 radical (unpaired) electrons. The van der Waals surface area contributed by atoms with Crippen molar-refractivity contribution < 1.29 is 18.3 Å². The first-order valence-corrected chi connectivity index (χ1v) is 12.7. The molecule has 2 aliphatic rings. The molecule has 3 aromatic rings. The Morgan fingerprint density at radius 3 is 2.77 bits per heavy atom. The second-order valence-electron chi connectivity index (χ2n) is 7.85. The van der Waals surface area contributed by atoms with E-state index >= 15 is 0 Å². The number of thiazole rings is 1. The summed E-state index contributed by atoms with van der Waals surface area (Å²) >= 11 is 7.34. The third-order valence-electron chi connectivity index (χ3n) is 5.80. The number of aryl methyl sites for hydroxylation is 1. The van der Waals surface area contributed by atoms with E-state index in [1.54, 1.807) is 29.2 Å². The van der Waals surface area contributed by atoms with E-state index in [-0.39, 0.29) is 30.1 Å². The summed E-state index contributed by atoms with van der Waals surface area (Å²) in [6.07, 6.45) is 1.52. The molecule has 1 saturated heterocycles. The number of hydrogen-bond donors (Lipinski definition) is 2. The Bertz CT molecular complexity index is 1260. The molecule has 5 rings (SSSR count). The van der Waals surface area contributed by atoms with Gasteiger partial charge in [0.15, 0.2) is 5.01 Å². The van der Waals surface area contributed by atoms with Gasteiger partial charge in [-0.3, -0.25) is 4.79 Å². The number of amides is 1. The molecule has 11 heteroatoms. The van der Waals surface area contributed by atoms with Crippen LogP contribution in [0.3, 0.4) is 0 Å². The van der Waals surface area contributed by atoms with E-state index in [0.29, 0.717) is 47.9 Å². The number of hydrogen-bond acceptors (Lipinski definition) is 6. The zero-order chi connectivity index (χ0) is 21.8. The molecule has 0 bridgehead atoms. The molecule has 8 nitrogen and oxygen atoms in total. The van der Waals surface area contributed by atoms with Crippen LogP contribution in [0.5, 0.6) is 0 Å². The number of aliphatic hydroxyl groups excluding tert-OH is 1. The van der Waals surface area contributed by atoms with Crippen molar-refractivity contribution in [2.75, 3.05) is 26.2 Å². The summed E-state index contributed by atoms with van der Waals surface area (Å²) < 4.78 is 27.5. The fraction of sp³-hybridized carbons (Fsp3) is 0.400. The highest BCUT2D eigenvalue weighted by atomic mass is 35.5. The fourth-order valence-electron chi connectivity index (χ4n) is 4.07. The molecule has 31 heavy (non-hydrogen) atoms. The molecular formula is C20H21ClN4O4S2. The molecule has 1 unspecified atom stereocenters. The number of H-pyrrole nitrogens is 1. The van der Waals surface area contributed by atoms with Gasteiger partial charge >= 0.3 is 0 Å². The Morgan fingerprint density at radius 1 is 1.23 bits per heavy atom. The Hall–Kier alpha value is -1.98. The van der Waals surface area contributed by atoms with Gasteiger partial charge in [0.25, 0.3) is 15.9 Å². The second kappa shape index (κ2) is 7.86. The Morgan fingerprint density at radius 2 is 2.00 bits per heavy atom. The SMILES string of the molecule is O=C(c1nc2c(s1)CC(O)CC2)N1CCN(S(=O)(=O)c2cc3cc(Cl)ccc3[nH]2)CC1. The van der Waals surface area contributed by atoms with Crippen molar-refractivity contribution in [1.29, 1.82) is 0 Å². The van der Waals surface area contributed by atoms with Gasteiger partial charge in [0.2, 0.25) is 0 Å². The lowest BCUT2D eigenvalue weighted by molar-refractivity contribution is 0.0697. The maximum Gasteiger partial charge on any atom is 0.282 e. The molecule has 1 aliphatic heterocycles. The molecule has 164 valence electrons. The van der Waals surface area contributed by atoms with Crippen LogP contribution in [-0.4, -0.2) is 70.9 Å². The van der Waals surface area contributed by atoms with Gasteiger partial charge in [-0.05, 0) is 37.1 Å². The van der Waals surface area contributed by atoms with Crippen LogP contribution in [0.15, 0.2) is 29.3 Å². The molecule has 1 atom stereocenters. The number of sulfonamides is 1. The van der Waals surface area contributed by atoms with Crippen molar-refractivity contribution in [3.63, 3.8) is 0 Å². The largest absolute Gasteiger partial charge is 0.393 e. The zero-order valence-corrected chi connectivity index (χ0v) is 18.9. The smallest absolute Gasteiger partial charge is 0.282 e. The predicted octanol–water partition coefficient (Wildman–Crippen LogP) is 2.27. The number of aliphatic hydroxyl groups is 1. The first-order chi connectivity index (χ1) is 14.8. The highest BCUT2D eigenvalue weighted by Gasteiger charge is 2.33. The average molecular weight is 481 g/mol. The number of nitrogens with zero attached hydrogens (tertiary/aromatic N) is 3. The van der Waals surface area contributed by atoms with Crippen LogP contribution in [0.25, 0.3) is 10.9 Å². The molecule has 1 amide bonds. The molecule has 2 aromatic heterocycles. The fourth-order valence-corrected chi connectivity index (χ4v) is 6.84. The molecular weight excluding hydrogens is 460 g/mol. The number of aromatic nitrogens is 2. The number of rotatable bonds is 3. The third-order valence-corrected chi connectivity index (χ3v) is 8.96. The van der Waals surface area contributed by atoms with E-state index in [0.717, 1.165) is 16.0 Å². The summed E-state index contributed by atoms with van der Waals surface area (Å²) in [5.41, 5.74) is 1.61. The van der Waals surface area contributed by atoms with Gasteiger partial charge in [0.1, 0.15) is 5.03 Å². The summed E-state index contributed by atoms with van der Waals surface area (Å²) in [7, 11) is -3.70. The number of nitrogens with one attached hydrogen (secondary N) is 1. The predicted molar refractivity (Wildman–Crippen MR) is 118 cm³/mol. The lowest BCUT2D eigenvalue weighted by Crippen LogP contribution is -2.50. The Labute approximate surface area is 188 Å². The summed E-state index contributed by atoms with van der Waals surface area (Å²) in [4.78, 5) is 23.0. The minimum atomic E-state index is -3.70. The van der Waals surface area contributed by atoms with Gasteiger partial charge in [-0.2, -0.15) is 4.31 Å². The van der Waals surface area contributed by atoms with Crippen molar-refractivity contribution in [3.05, 3.63) is 44.9 Å². The van der Waals surface area contributed by atoms with Crippen LogP contribution in [0.4, 0.5) is 0 Å². The topological polar surface area (TPSA) is 107 Å². The van der Waals surface area contributed by atoms with Crippen LogP contribution in [0.2, 0.25) is 5.02 Å². The van der Waals surface area contributed by atoms with Crippen LogP contribution in [-0.2, 0) is 22.9 Å². The van der Waals surface area contributed by atoms with Gasteiger partial charge in [-0.15, -0.1) is 11.3 Å². The highest BCUT2D eigenvalue weighted by Crippen LogP contribution is 2.29. The number of halogens is 1. The summed E-state index contributed by atoms with van der Waals surface area (Å²) in [6.45, 7) is 1.04. The van der Waals surface area contributed by atoms with E-state index in [1.165, 1.54) is 15.6 Å². The minimum Gasteiger partial charge on any atom is -0.393 e. The number of benzene rings is 1. The molecule has 1 aromatic carbocycles. The second-order valence-corrected chi connectivity index (χ2v) is 11.3. The summed E-state index contributed by atoms with van der Waals surface area (Å²) in [5.74, 6) is -0.175. The zero-order valence-electron chi connectivity index (χ0n) is 16.5. The van der Waals surface area contributed by atoms with Crippen LogP contribution in [0.1, 0.15) is 26.8 Å². The van der Waals surface area contributed by atoms with Crippen molar-refractivity contribution in [2.45, 2.75) is 30.4 Å². The number of carbonyl (C=O) groups is 1. The average Bonchev–Trinajstić information content (AvgIpc) is 3.37. The van der Waals surface area contributed by atoms with Gasteiger partial charge in [0.05, 0.1) is 11.8 Å². The van der Waals surface area contributed by atoms with Gasteiger partial charge in [-0.1, -0.05) is 11.6 Å². The molecule has 0 spiro atoms. The molecule has 3 heterocycles. The third kappa shape index (κ3) is 3.87. The minimum absolute atomic E-state index is 0.121. The van der Waals surface area contributed by atoms with E-state index in [9.17, 15) is 18.3 Å². The maximum absolute atomic E-state index is 13.1. The molecule has 0 saturated carbocycles.